The van der Waals surface area contributed by atoms with Crippen LogP contribution >= 0.6 is 0 Å². The van der Waals surface area contributed by atoms with Gasteiger partial charge < -0.3 is 19.7 Å². The Hall–Kier alpha value is -3.02. The zero-order valence-electron chi connectivity index (χ0n) is 16.1. The van der Waals surface area contributed by atoms with E-state index >= 15 is 0 Å². The number of aliphatic hydroxyl groups excluding tert-OH is 2. The van der Waals surface area contributed by atoms with E-state index in [0.29, 0.717) is 29.9 Å². The molecule has 0 radical (unpaired) electrons. The maximum absolute atomic E-state index is 12.0. The van der Waals surface area contributed by atoms with Crippen molar-refractivity contribution in [1.29, 1.82) is 0 Å². The van der Waals surface area contributed by atoms with E-state index in [1.54, 1.807) is 24.3 Å². The Morgan fingerprint density at radius 1 is 0.786 bits per heavy atom. The van der Waals surface area contributed by atoms with Crippen molar-refractivity contribution in [3.05, 3.63) is 67.6 Å². The molecular weight excluding hydrogens is 360 g/mol. The van der Waals surface area contributed by atoms with Gasteiger partial charge in [-0.15, -0.1) is 0 Å². The highest BCUT2D eigenvalue weighted by molar-refractivity contribution is 5.89. The largest absolute Gasteiger partial charge is 0.504 e. The van der Waals surface area contributed by atoms with Gasteiger partial charge in [0.25, 0.3) is 5.43 Å². The first-order valence-electron chi connectivity index (χ1n) is 9.58. The van der Waals surface area contributed by atoms with E-state index < -0.39 is 10.9 Å². The number of ether oxygens (including phenoxy) is 2. The van der Waals surface area contributed by atoms with E-state index in [9.17, 15) is 19.8 Å². The monoisotopic (exact) mass is 384 g/mol. The molecule has 0 spiro atoms. The molecule has 0 saturated heterocycles. The Kier molecular flexibility index (Phi) is 5.87. The summed E-state index contributed by atoms with van der Waals surface area (Å²) in [5.74, 6) is -0.0596. The molecule has 2 N–H and O–H groups in total. The van der Waals surface area contributed by atoms with E-state index in [0.717, 1.165) is 25.7 Å². The molecule has 0 saturated carbocycles. The first-order chi connectivity index (χ1) is 13.5. The minimum Gasteiger partial charge on any atom is -0.504 e. The number of unbranched alkanes of at least 4 members (excludes halogenated alkanes) is 2. The van der Waals surface area contributed by atoms with E-state index in [2.05, 4.69) is 0 Å². The van der Waals surface area contributed by atoms with Gasteiger partial charge in [0.1, 0.15) is 0 Å². The maximum Gasteiger partial charge on any atom is 0.268 e. The first kappa shape index (κ1) is 19.7. The predicted octanol–water partition coefficient (Wildman–Crippen LogP) is 4.00. The van der Waals surface area contributed by atoms with Gasteiger partial charge in [-0.2, -0.15) is 0 Å². The summed E-state index contributed by atoms with van der Waals surface area (Å²) in [6.07, 6.45) is 3.54. The SMILES string of the molecule is CCCCOC1=C(c2ccc(-c3c(OCCCC)c(=O)c3=O)cc2)C(O)=C1O. The molecule has 2 aromatic rings. The van der Waals surface area contributed by atoms with Gasteiger partial charge in [-0.1, -0.05) is 51.0 Å². The third-order valence-corrected chi connectivity index (χ3v) is 4.72. The summed E-state index contributed by atoms with van der Waals surface area (Å²) >= 11 is 0. The van der Waals surface area contributed by atoms with Crippen LogP contribution < -0.4 is 15.6 Å². The van der Waals surface area contributed by atoms with Crippen LogP contribution in [0.15, 0.2) is 51.1 Å². The highest BCUT2D eigenvalue weighted by atomic mass is 16.5. The number of benzene rings is 1. The quantitative estimate of drug-likeness (QED) is 0.475. The van der Waals surface area contributed by atoms with Crippen LogP contribution in [-0.2, 0) is 4.74 Å². The highest BCUT2D eigenvalue weighted by Gasteiger charge is 2.32. The van der Waals surface area contributed by atoms with Crippen molar-refractivity contribution in [2.75, 3.05) is 13.2 Å². The molecule has 0 atom stereocenters. The van der Waals surface area contributed by atoms with Gasteiger partial charge in [-0.25, -0.2) is 0 Å². The molecule has 6 heteroatoms. The number of allylic oxidation sites excluding steroid dienone is 1. The standard InChI is InChI=1S/C22H24O6/c1-3-5-11-27-21-15(17(23)19(21)25)13-7-9-14(10-8-13)16-18(24)20(26)22(16)28-12-6-4-2/h7-10,23,25H,3-6,11-12H2,1-2H3. The first-order valence-corrected chi connectivity index (χ1v) is 9.58. The Balaban J connectivity index is 1.82. The summed E-state index contributed by atoms with van der Waals surface area (Å²) in [5.41, 5.74) is 0.820. The Bertz CT molecular complexity index is 987. The van der Waals surface area contributed by atoms with Crippen LogP contribution in [0, 0.1) is 0 Å². The van der Waals surface area contributed by atoms with Gasteiger partial charge in [-0.05, 0) is 24.0 Å². The summed E-state index contributed by atoms with van der Waals surface area (Å²) in [4.78, 5) is 23.8. The van der Waals surface area contributed by atoms with Crippen LogP contribution in [0.4, 0.5) is 0 Å². The molecule has 0 unspecified atom stereocenters. The minimum absolute atomic E-state index is 0.123. The molecule has 0 fully saturated rings. The fraction of sp³-hybridized carbons (Fsp3) is 0.364. The van der Waals surface area contributed by atoms with Crippen LogP contribution in [-0.4, -0.2) is 23.4 Å². The molecule has 2 aromatic carbocycles. The molecule has 1 aliphatic carbocycles. The second-order valence-electron chi connectivity index (χ2n) is 6.75. The van der Waals surface area contributed by atoms with E-state index in [1.807, 2.05) is 13.8 Å². The summed E-state index contributed by atoms with van der Waals surface area (Å²) in [6, 6.07) is 6.81. The van der Waals surface area contributed by atoms with E-state index in [-0.39, 0.29) is 28.6 Å². The van der Waals surface area contributed by atoms with Crippen molar-refractivity contribution in [2.45, 2.75) is 39.5 Å². The smallest absolute Gasteiger partial charge is 0.268 e. The second-order valence-corrected chi connectivity index (χ2v) is 6.75. The minimum atomic E-state index is -0.589. The molecule has 1 aliphatic rings. The van der Waals surface area contributed by atoms with Crippen LogP contribution in [0.25, 0.3) is 16.7 Å². The second kappa shape index (κ2) is 8.33. The molecule has 0 aliphatic heterocycles. The Labute approximate surface area is 163 Å². The van der Waals surface area contributed by atoms with Crippen molar-refractivity contribution in [1.82, 2.24) is 0 Å². The van der Waals surface area contributed by atoms with Gasteiger partial charge in [-0.3, -0.25) is 9.59 Å². The molecule has 6 nitrogen and oxygen atoms in total. The van der Waals surface area contributed by atoms with Crippen molar-refractivity contribution >= 4 is 5.57 Å². The molecule has 0 bridgehead atoms. The zero-order valence-corrected chi connectivity index (χ0v) is 16.1. The summed E-state index contributed by atoms with van der Waals surface area (Å²) in [5, 5.41) is 19.8. The molecule has 0 amide bonds. The fourth-order valence-corrected chi connectivity index (χ4v) is 3.01. The van der Waals surface area contributed by atoms with E-state index in [1.165, 1.54) is 0 Å². The Morgan fingerprint density at radius 2 is 1.36 bits per heavy atom. The maximum atomic E-state index is 12.0. The molecule has 148 valence electrons. The van der Waals surface area contributed by atoms with Crippen molar-refractivity contribution < 1.29 is 19.7 Å². The third kappa shape index (κ3) is 3.42. The van der Waals surface area contributed by atoms with Crippen molar-refractivity contribution in [3.8, 4) is 16.9 Å². The summed E-state index contributed by atoms with van der Waals surface area (Å²) < 4.78 is 11.0. The van der Waals surface area contributed by atoms with Gasteiger partial charge >= 0.3 is 0 Å². The van der Waals surface area contributed by atoms with Crippen molar-refractivity contribution in [2.24, 2.45) is 0 Å². The van der Waals surface area contributed by atoms with Gasteiger partial charge in [0.15, 0.2) is 17.3 Å². The average molecular weight is 384 g/mol. The van der Waals surface area contributed by atoms with E-state index in [4.69, 9.17) is 9.47 Å². The average Bonchev–Trinajstić information content (AvgIpc) is 2.72. The van der Waals surface area contributed by atoms with Crippen molar-refractivity contribution in [3.63, 3.8) is 0 Å². The lowest BCUT2D eigenvalue weighted by atomic mass is 9.91. The fourth-order valence-electron chi connectivity index (χ4n) is 3.01. The molecule has 28 heavy (non-hydrogen) atoms. The normalized spacial score (nSPS) is 13.8. The van der Waals surface area contributed by atoms with Gasteiger partial charge in [0.05, 0.1) is 24.4 Å². The molecule has 3 rings (SSSR count). The lowest BCUT2D eigenvalue weighted by Crippen LogP contribution is -2.34. The summed E-state index contributed by atoms with van der Waals surface area (Å²) in [6.45, 7) is 4.90. The van der Waals surface area contributed by atoms with Crippen LogP contribution in [0.2, 0.25) is 0 Å². The highest BCUT2D eigenvalue weighted by Crippen LogP contribution is 2.40. The lowest BCUT2D eigenvalue weighted by Gasteiger charge is -2.24. The lowest BCUT2D eigenvalue weighted by molar-refractivity contribution is 0.173. The molecular formula is C22H24O6. The van der Waals surface area contributed by atoms with Crippen LogP contribution in [0.5, 0.6) is 5.75 Å². The zero-order chi connectivity index (χ0) is 20.3. The summed E-state index contributed by atoms with van der Waals surface area (Å²) in [7, 11) is 0. The number of rotatable bonds is 10. The number of hydrogen-bond donors (Lipinski definition) is 2. The Morgan fingerprint density at radius 3 is 1.96 bits per heavy atom. The topological polar surface area (TPSA) is 93.1 Å². The molecule has 0 heterocycles. The van der Waals surface area contributed by atoms with Crippen LogP contribution in [0.1, 0.15) is 45.1 Å². The third-order valence-electron chi connectivity index (χ3n) is 4.72. The van der Waals surface area contributed by atoms with Gasteiger partial charge in [0, 0.05) is 0 Å². The van der Waals surface area contributed by atoms with Gasteiger partial charge in [0.2, 0.25) is 11.2 Å². The number of hydrogen-bond acceptors (Lipinski definition) is 6. The molecule has 0 aromatic heterocycles. The number of aliphatic hydroxyl groups is 2. The predicted molar refractivity (Wildman–Crippen MR) is 107 cm³/mol. The van der Waals surface area contributed by atoms with Crippen LogP contribution in [0.3, 0.4) is 0 Å².